The number of hydrogen-bond acceptors (Lipinski definition) is 5. The lowest BCUT2D eigenvalue weighted by Gasteiger charge is -2.08. The van der Waals surface area contributed by atoms with E-state index in [2.05, 4.69) is 20.4 Å². The largest absolute Gasteiger partial charge is 0.374 e. The lowest BCUT2D eigenvalue weighted by Crippen LogP contribution is -2.12. The van der Waals surface area contributed by atoms with E-state index in [4.69, 9.17) is 16.3 Å². The highest BCUT2D eigenvalue weighted by Gasteiger charge is 2.03. The summed E-state index contributed by atoms with van der Waals surface area (Å²) in [5.74, 6) is 1.28. The van der Waals surface area contributed by atoms with Crippen LogP contribution < -0.4 is 5.32 Å². The van der Waals surface area contributed by atoms with E-state index >= 15 is 0 Å². The summed E-state index contributed by atoms with van der Waals surface area (Å²) in [6, 6.07) is 3.59. The quantitative estimate of drug-likeness (QED) is 0.786. The second-order valence-corrected chi connectivity index (χ2v) is 4.21. The lowest BCUT2D eigenvalue weighted by molar-refractivity contribution is 0.128. The van der Waals surface area contributed by atoms with Crippen LogP contribution in [-0.4, -0.2) is 32.9 Å². The normalized spacial score (nSPS) is 10.6. The fourth-order valence-electron chi connectivity index (χ4n) is 1.54. The Hall–Kier alpha value is -1.66. The Morgan fingerprint density at radius 3 is 3.05 bits per heavy atom. The molecule has 102 valence electrons. The summed E-state index contributed by atoms with van der Waals surface area (Å²) in [6.45, 7) is 4.38. The molecule has 0 fully saturated rings. The first-order valence-electron chi connectivity index (χ1n) is 6.10. The molecule has 6 nitrogen and oxygen atoms in total. The molecule has 2 rings (SSSR count). The summed E-state index contributed by atoms with van der Waals surface area (Å²) in [7, 11) is 0. The predicted molar refractivity (Wildman–Crippen MR) is 73.1 cm³/mol. The first-order chi connectivity index (χ1) is 9.28. The van der Waals surface area contributed by atoms with E-state index in [0.717, 1.165) is 6.54 Å². The van der Waals surface area contributed by atoms with Crippen LogP contribution in [0, 0.1) is 0 Å². The lowest BCUT2D eigenvalue weighted by atomic mass is 10.5. The molecule has 0 saturated carbocycles. The summed E-state index contributed by atoms with van der Waals surface area (Å²) in [5.41, 5.74) is 0. The van der Waals surface area contributed by atoms with Crippen molar-refractivity contribution in [2.75, 3.05) is 18.5 Å². The van der Waals surface area contributed by atoms with Crippen molar-refractivity contribution < 1.29 is 4.74 Å². The molecule has 2 aromatic heterocycles. The van der Waals surface area contributed by atoms with E-state index in [-0.39, 0.29) is 0 Å². The zero-order valence-electron chi connectivity index (χ0n) is 10.7. The van der Waals surface area contributed by atoms with Crippen molar-refractivity contribution in [3.63, 3.8) is 0 Å². The van der Waals surface area contributed by atoms with Crippen LogP contribution in [0.4, 0.5) is 5.82 Å². The minimum absolute atomic E-state index is 0.366. The second kappa shape index (κ2) is 7.06. The molecule has 0 aromatic carbocycles. The maximum atomic E-state index is 5.94. The van der Waals surface area contributed by atoms with Crippen LogP contribution in [0.1, 0.15) is 12.7 Å². The number of nitrogens with one attached hydrogen (secondary N) is 1. The maximum Gasteiger partial charge on any atom is 0.158 e. The molecule has 0 bridgehead atoms. The van der Waals surface area contributed by atoms with Crippen molar-refractivity contribution in [2.24, 2.45) is 0 Å². The van der Waals surface area contributed by atoms with Gasteiger partial charge in [-0.05, 0) is 13.0 Å². The third-order valence-corrected chi connectivity index (χ3v) is 2.58. The van der Waals surface area contributed by atoms with Crippen LogP contribution in [0.5, 0.6) is 0 Å². The Labute approximate surface area is 116 Å². The number of halogens is 1. The molecule has 19 heavy (non-hydrogen) atoms. The van der Waals surface area contributed by atoms with Gasteiger partial charge < -0.3 is 10.1 Å². The Kier molecular flexibility index (Phi) is 5.11. The monoisotopic (exact) mass is 281 g/mol. The van der Waals surface area contributed by atoms with Crippen LogP contribution in [0.25, 0.3) is 0 Å². The van der Waals surface area contributed by atoms with Gasteiger partial charge in [0.2, 0.25) is 0 Å². The summed E-state index contributed by atoms with van der Waals surface area (Å²) >= 11 is 5.94. The third-order valence-electron chi connectivity index (χ3n) is 2.38. The SMILES string of the molecule is CCOCc1nc(Cl)cc(NCCn2cccn2)n1. The topological polar surface area (TPSA) is 64.9 Å². The van der Waals surface area contributed by atoms with E-state index in [1.54, 1.807) is 12.3 Å². The molecule has 0 aliphatic rings. The number of aromatic nitrogens is 4. The van der Waals surface area contributed by atoms with Crippen molar-refractivity contribution >= 4 is 17.4 Å². The average molecular weight is 282 g/mol. The van der Waals surface area contributed by atoms with Gasteiger partial charge in [0, 0.05) is 31.6 Å². The van der Waals surface area contributed by atoms with Gasteiger partial charge in [0.25, 0.3) is 0 Å². The van der Waals surface area contributed by atoms with Gasteiger partial charge in [0.1, 0.15) is 17.6 Å². The molecule has 0 radical (unpaired) electrons. The molecular weight excluding hydrogens is 266 g/mol. The number of anilines is 1. The molecular formula is C12H16ClN5O. The van der Waals surface area contributed by atoms with E-state index < -0.39 is 0 Å². The van der Waals surface area contributed by atoms with Gasteiger partial charge in [0.05, 0.1) is 6.54 Å². The summed E-state index contributed by atoms with van der Waals surface area (Å²) in [5, 5.41) is 7.72. The standard InChI is InChI=1S/C12H16ClN5O/c1-2-19-9-12-16-10(13)8-11(17-12)14-5-7-18-6-3-4-15-18/h3-4,6,8H,2,5,7,9H2,1H3,(H,14,16,17). The Balaban J connectivity index is 1.90. The molecule has 1 N–H and O–H groups in total. The summed E-state index contributed by atoms with van der Waals surface area (Å²) in [4.78, 5) is 8.43. The zero-order valence-corrected chi connectivity index (χ0v) is 11.5. The van der Waals surface area contributed by atoms with E-state index in [9.17, 15) is 0 Å². The average Bonchev–Trinajstić information content (AvgIpc) is 2.89. The Bertz CT molecular complexity index is 503. The van der Waals surface area contributed by atoms with Crippen molar-refractivity contribution in [3.8, 4) is 0 Å². The number of ether oxygens (including phenoxy) is 1. The van der Waals surface area contributed by atoms with E-state index in [1.165, 1.54) is 0 Å². The summed E-state index contributed by atoms with van der Waals surface area (Å²) in [6.07, 6.45) is 3.66. The van der Waals surface area contributed by atoms with Crippen LogP contribution >= 0.6 is 11.6 Å². The van der Waals surface area contributed by atoms with Gasteiger partial charge in [-0.15, -0.1) is 0 Å². The highest BCUT2D eigenvalue weighted by molar-refractivity contribution is 6.29. The number of rotatable bonds is 7. The maximum absolute atomic E-state index is 5.94. The molecule has 0 atom stereocenters. The molecule has 0 spiro atoms. The first-order valence-corrected chi connectivity index (χ1v) is 6.48. The molecule has 2 heterocycles. The molecule has 0 aliphatic heterocycles. The number of hydrogen-bond donors (Lipinski definition) is 1. The number of nitrogens with zero attached hydrogens (tertiary/aromatic N) is 4. The highest BCUT2D eigenvalue weighted by atomic mass is 35.5. The molecule has 2 aromatic rings. The predicted octanol–water partition coefficient (Wildman–Crippen LogP) is 1.98. The Morgan fingerprint density at radius 1 is 1.42 bits per heavy atom. The van der Waals surface area contributed by atoms with Crippen molar-refractivity contribution in [1.29, 1.82) is 0 Å². The highest BCUT2D eigenvalue weighted by Crippen LogP contribution is 2.12. The van der Waals surface area contributed by atoms with Crippen LogP contribution in [-0.2, 0) is 17.9 Å². The minimum Gasteiger partial charge on any atom is -0.374 e. The van der Waals surface area contributed by atoms with Crippen molar-refractivity contribution in [2.45, 2.75) is 20.1 Å². The molecule has 0 amide bonds. The van der Waals surface area contributed by atoms with Gasteiger partial charge in [0.15, 0.2) is 5.82 Å². The molecule has 7 heteroatoms. The van der Waals surface area contributed by atoms with Crippen molar-refractivity contribution in [1.82, 2.24) is 19.7 Å². The third kappa shape index (κ3) is 4.50. The van der Waals surface area contributed by atoms with Gasteiger partial charge >= 0.3 is 0 Å². The molecule has 0 unspecified atom stereocenters. The van der Waals surface area contributed by atoms with Crippen molar-refractivity contribution in [3.05, 3.63) is 35.5 Å². The fourth-order valence-corrected chi connectivity index (χ4v) is 1.75. The van der Waals surface area contributed by atoms with Crippen LogP contribution in [0.15, 0.2) is 24.5 Å². The van der Waals surface area contributed by atoms with E-state index in [1.807, 2.05) is 23.9 Å². The minimum atomic E-state index is 0.366. The van der Waals surface area contributed by atoms with Gasteiger partial charge in [-0.1, -0.05) is 11.6 Å². The van der Waals surface area contributed by atoms with Crippen LogP contribution in [0.2, 0.25) is 5.15 Å². The first kappa shape index (κ1) is 13.8. The van der Waals surface area contributed by atoms with Gasteiger partial charge in [-0.25, -0.2) is 9.97 Å². The van der Waals surface area contributed by atoms with Crippen LogP contribution in [0.3, 0.4) is 0 Å². The second-order valence-electron chi connectivity index (χ2n) is 3.83. The Morgan fingerprint density at radius 2 is 2.32 bits per heavy atom. The van der Waals surface area contributed by atoms with E-state index in [0.29, 0.717) is 36.6 Å². The summed E-state index contributed by atoms with van der Waals surface area (Å²) < 4.78 is 7.11. The molecule has 0 saturated heterocycles. The zero-order chi connectivity index (χ0) is 13.5. The van der Waals surface area contributed by atoms with Gasteiger partial charge in [-0.2, -0.15) is 5.10 Å². The molecule has 0 aliphatic carbocycles. The smallest absolute Gasteiger partial charge is 0.158 e. The fraction of sp³-hybridized carbons (Fsp3) is 0.417. The van der Waals surface area contributed by atoms with Gasteiger partial charge in [-0.3, -0.25) is 4.68 Å².